The molecular formula is C27H33ClN4O2S. The van der Waals surface area contributed by atoms with Gasteiger partial charge in [-0.25, -0.2) is 17.7 Å². The van der Waals surface area contributed by atoms with Crippen LogP contribution in [0.2, 0.25) is 5.02 Å². The zero-order valence-electron chi connectivity index (χ0n) is 20.4. The second-order valence-corrected chi connectivity index (χ2v) is 12.5. The van der Waals surface area contributed by atoms with Crippen LogP contribution >= 0.6 is 11.6 Å². The molecule has 1 fully saturated rings. The van der Waals surface area contributed by atoms with Crippen molar-refractivity contribution in [1.82, 2.24) is 18.8 Å². The fourth-order valence-corrected chi connectivity index (χ4v) is 7.07. The number of imidazole rings is 1. The highest BCUT2D eigenvalue weighted by molar-refractivity contribution is 7.88. The number of benzene rings is 1. The third-order valence-corrected chi connectivity index (χ3v) is 9.22. The first-order chi connectivity index (χ1) is 16.8. The van der Waals surface area contributed by atoms with Crippen molar-refractivity contribution < 1.29 is 8.42 Å². The van der Waals surface area contributed by atoms with Gasteiger partial charge in [0, 0.05) is 43.0 Å². The van der Waals surface area contributed by atoms with Crippen molar-refractivity contribution in [1.29, 1.82) is 0 Å². The molecule has 2 aromatic heterocycles. The molecule has 1 aliphatic heterocycles. The highest BCUT2D eigenvalue weighted by Gasteiger charge is 2.37. The van der Waals surface area contributed by atoms with Gasteiger partial charge >= 0.3 is 0 Å². The molecule has 1 saturated heterocycles. The van der Waals surface area contributed by atoms with E-state index in [1.54, 1.807) is 4.31 Å². The molecule has 0 radical (unpaired) electrons. The summed E-state index contributed by atoms with van der Waals surface area (Å²) >= 11 is 6.48. The molecule has 1 aromatic carbocycles. The highest BCUT2D eigenvalue weighted by atomic mass is 35.5. The van der Waals surface area contributed by atoms with E-state index in [1.807, 2.05) is 25.5 Å². The molecule has 35 heavy (non-hydrogen) atoms. The lowest BCUT2D eigenvalue weighted by Gasteiger charge is -2.35. The summed E-state index contributed by atoms with van der Waals surface area (Å²) in [6.45, 7) is 4.10. The normalized spacial score (nSPS) is 21.3. The predicted molar refractivity (Wildman–Crippen MR) is 139 cm³/mol. The molecule has 5 rings (SSSR count). The molecule has 0 saturated carbocycles. The Morgan fingerprint density at radius 2 is 1.91 bits per heavy atom. The Morgan fingerprint density at radius 3 is 2.63 bits per heavy atom. The Hall–Kier alpha value is -2.22. The first-order valence-electron chi connectivity index (χ1n) is 12.5. The number of sulfonamides is 1. The predicted octanol–water partition coefficient (Wildman–Crippen LogP) is 5.16. The van der Waals surface area contributed by atoms with Crippen LogP contribution < -0.4 is 0 Å². The summed E-state index contributed by atoms with van der Waals surface area (Å²) in [6, 6.07) is 10.6. The fraction of sp³-hybridized carbons (Fsp3) is 0.481. The summed E-state index contributed by atoms with van der Waals surface area (Å²) < 4.78 is 28.0. The zero-order valence-corrected chi connectivity index (χ0v) is 22.0. The molecule has 2 unspecified atom stereocenters. The summed E-state index contributed by atoms with van der Waals surface area (Å²) in [7, 11) is -3.16. The largest absolute Gasteiger partial charge is 0.337 e. The number of piperidine rings is 1. The molecule has 0 spiro atoms. The highest BCUT2D eigenvalue weighted by Crippen LogP contribution is 2.46. The van der Waals surface area contributed by atoms with Crippen molar-refractivity contribution in [3.05, 3.63) is 82.2 Å². The Balaban J connectivity index is 1.46. The van der Waals surface area contributed by atoms with Crippen LogP contribution in [-0.4, -0.2) is 46.6 Å². The van der Waals surface area contributed by atoms with Crippen LogP contribution in [-0.2, 0) is 23.0 Å². The van der Waals surface area contributed by atoms with Crippen LogP contribution in [0.1, 0.15) is 65.6 Å². The van der Waals surface area contributed by atoms with Crippen LogP contribution in [0.4, 0.5) is 0 Å². The average molecular weight is 513 g/mol. The minimum absolute atomic E-state index is 0.154. The summed E-state index contributed by atoms with van der Waals surface area (Å²) in [5.41, 5.74) is 6.14. The Kier molecular flexibility index (Phi) is 7.02. The number of fused-ring (bicyclic) bond motifs is 2. The molecule has 0 N–H and O–H groups in total. The van der Waals surface area contributed by atoms with E-state index in [9.17, 15) is 8.42 Å². The van der Waals surface area contributed by atoms with Gasteiger partial charge in [-0.1, -0.05) is 23.7 Å². The van der Waals surface area contributed by atoms with E-state index in [4.69, 9.17) is 16.6 Å². The van der Waals surface area contributed by atoms with Crippen LogP contribution in [0.15, 0.2) is 49.1 Å². The maximum absolute atomic E-state index is 12.1. The molecule has 6 nitrogen and oxygen atoms in total. The van der Waals surface area contributed by atoms with Gasteiger partial charge in [0.25, 0.3) is 0 Å². The molecule has 8 heteroatoms. The van der Waals surface area contributed by atoms with Gasteiger partial charge in [0.15, 0.2) is 0 Å². The van der Waals surface area contributed by atoms with E-state index in [2.05, 4.69) is 40.0 Å². The first kappa shape index (κ1) is 24.5. The number of rotatable bonds is 6. The van der Waals surface area contributed by atoms with E-state index >= 15 is 0 Å². The molecule has 3 heterocycles. The average Bonchev–Trinajstić information content (AvgIpc) is 3.19. The number of nitrogens with zero attached hydrogens (tertiary/aromatic N) is 4. The number of halogens is 1. The minimum Gasteiger partial charge on any atom is -0.337 e. The lowest BCUT2D eigenvalue weighted by atomic mass is 9.76. The molecule has 186 valence electrons. The molecule has 1 aliphatic carbocycles. The van der Waals surface area contributed by atoms with Crippen LogP contribution in [0, 0.1) is 12.8 Å². The number of hydrogen-bond acceptors (Lipinski definition) is 4. The molecule has 2 atom stereocenters. The maximum atomic E-state index is 12.1. The number of aryl methyl sites for hydroxylation is 2. The van der Waals surface area contributed by atoms with E-state index in [1.165, 1.54) is 22.9 Å². The topological polar surface area (TPSA) is 68.1 Å². The Morgan fingerprint density at radius 1 is 1.11 bits per heavy atom. The zero-order chi connectivity index (χ0) is 24.6. The van der Waals surface area contributed by atoms with Gasteiger partial charge < -0.3 is 4.57 Å². The van der Waals surface area contributed by atoms with Crippen molar-refractivity contribution in [3.63, 3.8) is 0 Å². The Labute approximate surface area is 213 Å². The molecule has 0 bridgehead atoms. The van der Waals surface area contributed by atoms with Crippen LogP contribution in [0.5, 0.6) is 0 Å². The number of aromatic nitrogens is 3. The van der Waals surface area contributed by atoms with Gasteiger partial charge in [-0.15, -0.1) is 0 Å². The standard InChI is InChI=1S/C27H33ClN4O2S/c1-19-17-31(18-30-19)12-4-5-21-15-22-16-23(28)7-8-24(22)26(27-25(21)6-3-11-29-27)20-9-13-32(14-10-20)35(2,33)34/h3,6-8,11,16-18,20-21,26H,4-5,9-10,12-15H2,1-2H3. The molecular weight excluding hydrogens is 480 g/mol. The van der Waals surface area contributed by atoms with Gasteiger partial charge in [0.1, 0.15) is 0 Å². The van der Waals surface area contributed by atoms with E-state index in [0.29, 0.717) is 24.9 Å². The number of hydrogen-bond donors (Lipinski definition) is 0. The molecule has 0 amide bonds. The van der Waals surface area contributed by atoms with Crippen molar-refractivity contribution in [2.24, 2.45) is 5.92 Å². The second kappa shape index (κ2) is 10.0. The van der Waals surface area contributed by atoms with Crippen LogP contribution in [0.3, 0.4) is 0 Å². The van der Waals surface area contributed by atoms with Gasteiger partial charge in [-0.2, -0.15) is 0 Å². The maximum Gasteiger partial charge on any atom is 0.211 e. The van der Waals surface area contributed by atoms with Gasteiger partial charge in [0.2, 0.25) is 10.0 Å². The summed E-state index contributed by atoms with van der Waals surface area (Å²) in [6.07, 6.45) is 11.9. The van der Waals surface area contributed by atoms with Crippen molar-refractivity contribution in [3.8, 4) is 0 Å². The molecule has 2 aliphatic rings. The van der Waals surface area contributed by atoms with E-state index < -0.39 is 10.0 Å². The van der Waals surface area contributed by atoms with E-state index in [-0.39, 0.29) is 5.92 Å². The lowest BCUT2D eigenvalue weighted by Crippen LogP contribution is -2.39. The summed E-state index contributed by atoms with van der Waals surface area (Å²) in [5, 5.41) is 0.765. The van der Waals surface area contributed by atoms with Crippen LogP contribution in [0.25, 0.3) is 0 Å². The second-order valence-electron chi connectivity index (χ2n) is 10.1. The Bertz CT molecular complexity index is 1300. The first-order valence-corrected chi connectivity index (χ1v) is 14.7. The summed E-state index contributed by atoms with van der Waals surface area (Å²) in [4.78, 5) is 9.32. The van der Waals surface area contributed by atoms with Gasteiger partial charge in [-0.05, 0) is 85.8 Å². The quantitative estimate of drug-likeness (QED) is 0.457. The minimum atomic E-state index is -3.16. The van der Waals surface area contributed by atoms with E-state index in [0.717, 1.165) is 55.1 Å². The summed E-state index contributed by atoms with van der Waals surface area (Å²) in [5.74, 6) is 0.859. The van der Waals surface area contributed by atoms with Crippen molar-refractivity contribution >= 4 is 21.6 Å². The third-order valence-electron chi connectivity index (χ3n) is 7.68. The number of pyridine rings is 1. The third kappa shape index (κ3) is 5.32. The van der Waals surface area contributed by atoms with Gasteiger partial charge in [0.05, 0.1) is 24.0 Å². The lowest BCUT2D eigenvalue weighted by molar-refractivity contribution is 0.256. The fourth-order valence-electron chi connectivity index (χ4n) is 6.00. The van der Waals surface area contributed by atoms with Crippen molar-refractivity contribution in [2.75, 3.05) is 19.3 Å². The monoisotopic (exact) mass is 512 g/mol. The van der Waals surface area contributed by atoms with Gasteiger partial charge in [-0.3, -0.25) is 4.98 Å². The molecule has 3 aromatic rings. The smallest absolute Gasteiger partial charge is 0.211 e. The van der Waals surface area contributed by atoms with Crippen molar-refractivity contribution in [2.45, 2.75) is 57.4 Å². The SMILES string of the molecule is Cc1cn(CCCC2Cc3cc(Cl)ccc3C(C3CCN(S(C)(=O)=O)CC3)c3ncccc32)cn1.